The van der Waals surface area contributed by atoms with E-state index in [0.29, 0.717) is 10.4 Å². The zero-order valence-electron chi connectivity index (χ0n) is 6.80. The van der Waals surface area contributed by atoms with Crippen LogP contribution in [0.25, 0.3) is 10.1 Å². The first-order chi connectivity index (χ1) is 6.24. The van der Waals surface area contributed by atoms with E-state index < -0.39 is 0 Å². The van der Waals surface area contributed by atoms with Gasteiger partial charge in [0.05, 0.1) is 9.72 Å². The van der Waals surface area contributed by atoms with E-state index in [1.54, 1.807) is 17.8 Å². The number of hydrogen-bond acceptors (Lipinski definition) is 2. The third kappa shape index (κ3) is 1.45. The summed E-state index contributed by atoms with van der Waals surface area (Å²) in [5, 5.41) is 2.54. The SMILES string of the molecule is CSc1ccc(Cl)c2c(F)csc12. The average molecular weight is 233 g/mol. The van der Waals surface area contributed by atoms with E-state index in [1.807, 2.05) is 12.3 Å². The van der Waals surface area contributed by atoms with Crippen LogP contribution in [-0.4, -0.2) is 6.26 Å². The first kappa shape index (κ1) is 9.31. The molecule has 0 aliphatic heterocycles. The molecule has 0 saturated heterocycles. The molecule has 0 fully saturated rings. The highest BCUT2D eigenvalue weighted by molar-refractivity contribution is 7.99. The molecular weight excluding hydrogens is 227 g/mol. The third-order valence-corrected chi connectivity index (χ3v) is 4.02. The van der Waals surface area contributed by atoms with Gasteiger partial charge in [-0.3, -0.25) is 0 Å². The molecule has 0 amide bonds. The summed E-state index contributed by atoms with van der Waals surface area (Å²) in [6.07, 6.45) is 1.97. The predicted molar refractivity (Wildman–Crippen MR) is 58.6 cm³/mol. The lowest BCUT2D eigenvalue weighted by molar-refractivity contribution is 0.644. The second-order valence-electron chi connectivity index (χ2n) is 2.54. The Morgan fingerprint density at radius 2 is 2.23 bits per heavy atom. The molecule has 0 spiro atoms. The lowest BCUT2D eigenvalue weighted by Crippen LogP contribution is -1.74. The van der Waals surface area contributed by atoms with Gasteiger partial charge in [-0.2, -0.15) is 0 Å². The molecule has 0 unspecified atom stereocenters. The Kier molecular flexibility index (Phi) is 2.49. The highest BCUT2D eigenvalue weighted by atomic mass is 35.5. The molecule has 2 rings (SSSR count). The van der Waals surface area contributed by atoms with Crippen molar-refractivity contribution in [3.05, 3.63) is 28.4 Å². The van der Waals surface area contributed by atoms with Gasteiger partial charge >= 0.3 is 0 Å². The molecule has 0 aliphatic rings. The van der Waals surface area contributed by atoms with Gasteiger partial charge in [-0.1, -0.05) is 11.6 Å². The molecule has 1 aromatic heterocycles. The van der Waals surface area contributed by atoms with Gasteiger partial charge in [0.15, 0.2) is 0 Å². The summed E-state index contributed by atoms with van der Waals surface area (Å²) in [6, 6.07) is 3.66. The Bertz CT molecular complexity index is 450. The third-order valence-electron chi connectivity index (χ3n) is 1.81. The summed E-state index contributed by atoms with van der Waals surface area (Å²) in [5.41, 5.74) is 0. The predicted octanol–water partition coefficient (Wildman–Crippen LogP) is 4.42. The first-order valence-corrected chi connectivity index (χ1v) is 6.11. The fraction of sp³-hybridized carbons (Fsp3) is 0.111. The van der Waals surface area contributed by atoms with Crippen LogP contribution in [0.2, 0.25) is 5.02 Å². The summed E-state index contributed by atoms with van der Waals surface area (Å²) in [6.45, 7) is 0. The number of rotatable bonds is 1. The van der Waals surface area contributed by atoms with Gasteiger partial charge in [-0.25, -0.2) is 4.39 Å². The van der Waals surface area contributed by atoms with E-state index in [-0.39, 0.29) is 5.82 Å². The number of thioether (sulfide) groups is 1. The van der Waals surface area contributed by atoms with Crippen LogP contribution in [0.5, 0.6) is 0 Å². The first-order valence-electron chi connectivity index (χ1n) is 3.63. The van der Waals surface area contributed by atoms with Crippen molar-refractivity contribution in [3.8, 4) is 0 Å². The molecular formula is C9H6ClFS2. The van der Waals surface area contributed by atoms with Gasteiger partial charge < -0.3 is 0 Å². The van der Waals surface area contributed by atoms with Gasteiger partial charge in [0.1, 0.15) is 5.82 Å². The number of thiophene rings is 1. The summed E-state index contributed by atoms with van der Waals surface area (Å²) >= 11 is 8.89. The monoisotopic (exact) mass is 232 g/mol. The highest BCUT2D eigenvalue weighted by Crippen LogP contribution is 2.37. The van der Waals surface area contributed by atoms with E-state index in [0.717, 1.165) is 9.60 Å². The maximum absolute atomic E-state index is 13.2. The van der Waals surface area contributed by atoms with E-state index in [2.05, 4.69) is 0 Å². The molecule has 0 aliphatic carbocycles. The van der Waals surface area contributed by atoms with Gasteiger partial charge in [-0.05, 0) is 18.4 Å². The Hall–Kier alpha value is -0.250. The van der Waals surface area contributed by atoms with Crippen molar-refractivity contribution in [1.29, 1.82) is 0 Å². The number of fused-ring (bicyclic) bond motifs is 1. The normalized spacial score (nSPS) is 11.0. The number of benzene rings is 1. The van der Waals surface area contributed by atoms with Crippen molar-refractivity contribution in [2.75, 3.05) is 6.26 Å². The summed E-state index contributed by atoms with van der Waals surface area (Å²) in [4.78, 5) is 1.08. The number of hydrogen-bond donors (Lipinski definition) is 0. The van der Waals surface area contributed by atoms with Crippen molar-refractivity contribution in [2.24, 2.45) is 0 Å². The van der Waals surface area contributed by atoms with Crippen molar-refractivity contribution < 1.29 is 4.39 Å². The molecule has 1 heterocycles. The highest BCUT2D eigenvalue weighted by Gasteiger charge is 2.10. The van der Waals surface area contributed by atoms with Gasteiger partial charge in [0, 0.05) is 15.7 Å². The molecule has 0 nitrogen and oxygen atoms in total. The standard InChI is InChI=1S/C9H6ClFS2/c1-12-7-3-2-5(10)8-6(11)4-13-9(7)8/h2-4H,1H3. The fourth-order valence-electron chi connectivity index (χ4n) is 1.21. The molecule has 68 valence electrons. The van der Waals surface area contributed by atoms with Gasteiger partial charge in [-0.15, -0.1) is 23.1 Å². The van der Waals surface area contributed by atoms with Crippen molar-refractivity contribution in [3.63, 3.8) is 0 Å². The zero-order valence-corrected chi connectivity index (χ0v) is 9.19. The zero-order chi connectivity index (χ0) is 9.42. The minimum atomic E-state index is -0.221. The van der Waals surface area contributed by atoms with Crippen LogP contribution in [0.3, 0.4) is 0 Å². The maximum Gasteiger partial charge on any atom is 0.143 e. The van der Waals surface area contributed by atoms with Crippen LogP contribution in [0.4, 0.5) is 4.39 Å². The molecule has 0 saturated carbocycles. The van der Waals surface area contributed by atoms with Crippen LogP contribution >= 0.6 is 34.7 Å². The van der Waals surface area contributed by atoms with Gasteiger partial charge in [0.25, 0.3) is 0 Å². The molecule has 13 heavy (non-hydrogen) atoms. The van der Waals surface area contributed by atoms with Crippen LogP contribution in [0, 0.1) is 5.82 Å². The quantitative estimate of drug-likeness (QED) is 0.656. The summed E-state index contributed by atoms with van der Waals surface area (Å²) in [7, 11) is 0. The Balaban J connectivity index is 2.87. The Morgan fingerprint density at radius 1 is 1.46 bits per heavy atom. The van der Waals surface area contributed by atoms with Crippen LogP contribution in [0.1, 0.15) is 0 Å². The topological polar surface area (TPSA) is 0 Å². The fourth-order valence-corrected chi connectivity index (χ4v) is 3.25. The van der Waals surface area contributed by atoms with Crippen LogP contribution in [0.15, 0.2) is 22.4 Å². The molecule has 2 aromatic rings. The van der Waals surface area contributed by atoms with Gasteiger partial charge in [0.2, 0.25) is 0 Å². The molecule has 0 bridgehead atoms. The van der Waals surface area contributed by atoms with Crippen molar-refractivity contribution >= 4 is 44.8 Å². The van der Waals surface area contributed by atoms with Crippen LogP contribution < -0.4 is 0 Å². The van der Waals surface area contributed by atoms with Crippen molar-refractivity contribution in [2.45, 2.75) is 4.90 Å². The van der Waals surface area contributed by atoms with E-state index in [1.165, 1.54) is 16.7 Å². The molecule has 1 aromatic carbocycles. The Morgan fingerprint density at radius 3 is 2.92 bits per heavy atom. The largest absolute Gasteiger partial charge is 0.205 e. The lowest BCUT2D eigenvalue weighted by atomic mass is 10.2. The molecule has 0 radical (unpaired) electrons. The van der Waals surface area contributed by atoms with E-state index >= 15 is 0 Å². The lowest BCUT2D eigenvalue weighted by Gasteiger charge is -1.99. The van der Waals surface area contributed by atoms with E-state index in [4.69, 9.17) is 11.6 Å². The van der Waals surface area contributed by atoms with E-state index in [9.17, 15) is 4.39 Å². The minimum Gasteiger partial charge on any atom is -0.205 e. The average Bonchev–Trinajstić information content (AvgIpc) is 2.50. The Labute approximate surface area is 88.7 Å². The van der Waals surface area contributed by atoms with Crippen LogP contribution in [-0.2, 0) is 0 Å². The maximum atomic E-state index is 13.2. The summed E-state index contributed by atoms with van der Waals surface area (Å²) < 4.78 is 14.2. The summed E-state index contributed by atoms with van der Waals surface area (Å²) in [5.74, 6) is -0.221. The number of halogens is 2. The second-order valence-corrected chi connectivity index (χ2v) is 4.67. The minimum absolute atomic E-state index is 0.221. The molecule has 0 N–H and O–H groups in total. The molecule has 0 atom stereocenters. The smallest absolute Gasteiger partial charge is 0.143 e. The second kappa shape index (κ2) is 3.48. The molecule has 4 heteroatoms. The van der Waals surface area contributed by atoms with Crippen molar-refractivity contribution in [1.82, 2.24) is 0 Å².